The van der Waals surface area contributed by atoms with Crippen molar-refractivity contribution in [2.75, 3.05) is 38.5 Å². The Morgan fingerprint density at radius 2 is 1.72 bits per heavy atom. The average Bonchev–Trinajstić information content (AvgIpc) is 2.61. The number of halogens is 1. The lowest BCUT2D eigenvalue weighted by Crippen LogP contribution is -2.41. The molecule has 1 aromatic rings. The van der Waals surface area contributed by atoms with E-state index in [1.54, 1.807) is 25.2 Å². The molecule has 1 aromatic carbocycles. The van der Waals surface area contributed by atoms with Crippen LogP contribution in [0.2, 0.25) is 0 Å². The predicted molar refractivity (Wildman–Crippen MR) is 125 cm³/mol. The number of benzene rings is 1. The summed E-state index contributed by atoms with van der Waals surface area (Å²) < 4.78 is 5.16. The number of para-hydroxylation sites is 2. The molecule has 10 nitrogen and oxygen atoms in total. The van der Waals surface area contributed by atoms with Crippen LogP contribution in [0.3, 0.4) is 0 Å². The van der Waals surface area contributed by atoms with Gasteiger partial charge >= 0.3 is 6.09 Å². The molecular formula is C18H31IN6O4. The molecule has 0 aromatic heterocycles. The molecule has 29 heavy (non-hydrogen) atoms. The molecule has 0 spiro atoms. The first-order valence-corrected chi connectivity index (χ1v) is 9.11. The van der Waals surface area contributed by atoms with E-state index in [-0.39, 0.29) is 29.7 Å². The molecule has 0 radical (unpaired) electrons. The lowest BCUT2D eigenvalue weighted by molar-refractivity contribution is -0.384. The Kier molecular flexibility index (Phi) is 12.7. The van der Waals surface area contributed by atoms with Crippen molar-refractivity contribution in [1.29, 1.82) is 0 Å². The summed E-state index contributed by atoms with van der Waals surface area (Å²) in [4.78, 5) is 26.2. The number of nitro benzene ring substituents is 1. The molecule has 0 saturated carbocycles. The highest BCUT2D eigenvalue weighted by molar-refractivity contribution is 14.0. The number of alkyl carbamates (subject to hydrolysis) is 1. The van der Waals surface area contributed by atoms with Gasteiger partial charge in [-0.2, -0.15) is 0 Å². The molecule has 4 N–H and O–H groups in total. The Hall–Kier alpha value is -2.31. The molecule has 0 bridgehead atoms. The van der Waals surface area contributed by atoms with Gasteiger partial charge in [-0.1, -0.05) is 12.1 Å². The van der Waals surface area contributed by atoms with Crippen LogP contribution in [0, 0.1) is 10.1 Å². The van der Waals surface area contributed by atoms with E-state index >= 15 is 0 Å². The maximum atomic E-state index is 11.5. The van der Waals surface area contributed by atoms with Crippen LogP contribution in [-0.4, -0.2) is 55.8 Å². The van der Waals surface area contributed by atoms with Crippen LogP contribution in [0.5, 0.6) is 0 Å². The fraction of sp³-hybridized carbons (Fsp3) is 0.556. The van der Waals surface area contributed by atoms with E-state index in [1.807, 2.05) is 20.8 Å². The summed E-state index contributed by atoms with van der Waals surface area (Å²) in [5.41, 5.74) is 0.00985. The van der Waals surface area contributed by atoms with Crippen molar-refractivity contribution in [3.63, 3.8) is 0 Å². The number of nitrogens with one attached hydrogen (secondary N) is 4. The van der Waals surface area contributed by atoms with Crippen molar-refractivity contribution in [2.45, 2.75) is 32.8 Å². The Bertz CT molecular complexity index is 679. The van der Waals surface area contributed by atoms with Crippen molar-refractivity contribution in [3.8, 4) is 0 Å². The van der Waals surface area contributed by atoms with E-state index in [4.69, 9.17) is 4.74 Å². The standard InChI is InChI=1S/C18H30N6O4.HI/c1-18(2,3)28-17(25)23-11-7-10-21-16(19-4)22-13-12-20-14-8-5-6-9-15(14)24(26)27;/h5-6,8-9,20H,7,10-13H2,1-4H3,(H,23,25)(H2,19,21,22);1H. The normalized spacial score (nSPS) is 11.1. The third kappa shape index (κ3) is 12.0. The largest absolute Gasteiger partial charge is 0.444 e. The topological polar surface area (TPSA) is 130 Å². The third-order valence-corrected chi connectivity index (χ3v) is 3.37. The van der Waals surface area contributed by atoms with Gasteiger partial charge in [0.1, 0.15) is 11.3 Å². The minimum absolute atomic E-state index is 0. The summed E-state index contributed by atoms with van der Waals surface area (Å²) in [5.74, 6) is 0.613. The number of carbonyl (C=O) groups excluding carboxylic acids is 1. The van der Waals surface area contributed by atoms with Gasteiger partial charge in [-0.25, -0.2) is 4.79 Å². The predicted octanol–water partition coefficient (Wildman–Crippen LogP) is 2.70. The zero-order valence-electron chi connectivity index (χ0n) is 17.3. The zero-order chi connectivity index (χ0) is 21.0. The second-order valence-electron chi connectivity index (χ2n) is 6.91. The Balaban J connectivity index is 0.00000784. The number of carbonyl (C=O) groups is 1. The highest BCUT2D eigenvalue weighted by atomic mass is 127. The number of hydrogen-bond acceptors (Lipinski definition) is 6. The van der Waals surface area contributed by atoms with Gasteiger partial charge < -0.3 is 26.0 Å². The third-order valence-electron chi connectivity index (χ3n) is 3.37. The molecule has 0 aliphatic carbocycles. The van der Waals surface area contributed by atoms with Crippen LogP contribution in [0.25, 0.3) is 0 Å². The lowest BCUT2D eigenvalue weighted by Gasteiger charge is -2.19. The minimum Gasteiger partial charge on any atom is -0.444 e. The molecule has 11 heteroatoms. The number of aliphatic imine (C=N–C) groups is 1. The number of anilines is 1. The number of amides is 1. The molecule has 0 saturated heterocycles. The fourth-order valence-electron chi connectivity index (χ4n) is 2.18. The zero-order valence-corrected chi connectivity index (χ0v) is 19.6. The van der Waals surface area contributed by atoms with Crippen molar-refractivity contribution in [1.82, 2.24) is 16.0 Å². The summed E-state index contributed by atoms with van der Waals surface area (Å²) in [6.07, 6.45) is 0.269. The Morgan fingerprint density at radius 3 is 2.34 bits per heavy atom. The first-order valence-electron chi connectivity index (χ1n) is 9.11. The van der Waals surface area contributed by atoms with Crippen LogP contribution < -0.4 is 21.3 Å². The van der Waals surface area contributed by atoms with Crippen LogP contribution in [0.15, 0.2) is 29.3 Å². The second kappa shape index (κ2) is 13.8. The van der Waals surface area contributed by atoms with Crippen LogP contribution in [-0.2, 0) is 4.74 Å². The van der Waals surface area contributed by atoms with Gasteiger partial charge in [0.15, 0.2) is 5.96 Å². The highest BCUT2D eigenvalue weighted by Gasteiger charge is 2.15. The van der Waals surface area contributed by atoms with E-state index < -0.39 is 16.6 Å². The SMILES string of the molecule is CN=C(NCCCNC(=O)OC(C)(C)C)NCCNc1ccccc1[N+](=O)[O-].I. The van der Waals surface area contributed by atoms with Crippen molar-refractivity contribution in [3.05, 3.63) is 34.4 Å². The van der Waals surface area contributed by atoms with Crippen LogP contribution >= 0.6 is 24.0 Å². The maximum Gasteiger partial charge on any atom is 0.407 e. The summed E-state index contributed by atoms with van der Waals surface area (Å²) in [7, 11) is 1.66. The second-order valence-corrected chi connectivity index (χ2v) is 6.91. The molecule has 0 unspecified atom stereocenters. The number of nitrogens with zero attached hydrogens (tertiary/aromatic N) is 2. The number of ether oxygens (including phenoxy) is 1. The van der Waals surface area contributed by atoms with Crippen LogP contribution in [0.1, 0.15) is 27.2 Å². The van der Waals surface area contributed by atoms with Crippen molar-refractivity contribution >= 4 is 47.4 Å². The van der Waals surface area contributed by atoms with Gasteiger partial charge in [-0.05, 0) is 33.3 Å². The maximum absolute atomic E-state index is 11.5. The molecule has 0 heterocycles. The summed E-state index contributed by atoms with van der Waals surface area (Å²) in [6, 6.07) is 6.50. The van der Waals surface area contributed by atoms with Gasteiger partial charge in [-0.15, -0.1) is 24.0 Å². The van der Waals surface area contributed by atoms with Gasteiger partial charge in [0, 0.05) is 39.3 Å². The highest BCUT2D eigenvalue weighted by Crippen LogP contribution is 2.22. The first kappa shape index (κ1) is 26.7. The van der Waals surface area contributed by atoms with E-state index in [0.717, 1.165) is 0 Å². The van der Waals surface area contributed by atoms with Crippen LogP contribution in [0.4, 0.5) is 16.2 Å². The molecule has 164 valence electrons. The molecule has 1 amide bonds. The number of nitro groups is 1. The number of rotatable bonds is 9. The van der Waals surface area contributed by atoms with Gasteiger partial charge in [0.05, 0.1) is 4.92 Å². The molecule has 1 rings (SSSR count). The van der Waals surface area contributed by atoms with E-state index in [1.165, 1.54) is 6.07 Å². The fourth-order valence-corrected chi connectivity index (χ4v) is 2.18. The smallest absolute Gasteiger partial charge is 0.407 e. The Morgan fingerprint density at radius 1 is 1.10 bits per heavy atom. The van der Waals surface area contributed by atoms with Crippen molar-refractivity contribution < 1.29 is 14.5 Å². The average molecular weight is 522 g/mol. The first-order chi connectivity index (χ1) is 13.2. The Labute approximate surface area is 188 Å². The van der Waals surface area contributed by atoms with Gasteiger partial charge in [0.25, 0.3) is 5.69 Å². The van der Waals surface area contributed by atoms with E-state index in [9.17, 15) is 14.9 Å². The molecule has 0 aliphatic heterocycles. The summed E-state index contributed by atoms with van der Waals surface area (Å²) in [6.45, 7) is 7.57. The summed E-state index contributed by atoms with van der Waals surface area (Å²) in [5, 5.41) is 22.9. The molecular weight excluding hydrogens is 491 g/mol. The quantitative estimate of drug-likeness (QED) is 0.0980. The molecule has 0 aliphatic rings. The minimum atomic E-state index is -0.511. The van der Waals surface area contributed by atoms with Crippen molar-refractivity contribution in [2.24, 2.45) is 4.99 Å². The van der Waals surface area contributed by atoms with Gasteiger partial charge in [0.2, 0.25) is 0 Å². The van der Waals surface area contributed by atoms with E-state index in [0.29, 0.717) is 44.2 Å². The van der Waals surface area contributed by atoms with E-state index in [2.05, 4.69) is 26.3 Å². The molecule has 0 fully saturated rings. The monoisotopic (exact) mass is 522 g/mol. The number of hydrogen-bond donors (Lipinski definition) is 4. The van der Waals surface area contributed by atoms with Gasteiger partial charge in [-0.3, -0.25) is 15.1 Å². The molecule has 0 atom stereocenters. The lowest BCUT2D eigenvalue weighted by atomic mass is 10.2. The number of guanidine groups is 1. The summed E-state index contributed by atoms with van der Waals surface area (Å²) >= 11 is 0.